The van der Waals surface area contributed by atoms with Crippen molar-refractivity contribution in [2.24, 2.45) is 0 Å². The van der Waals surface area contributed by atoms with Crippen LogP contribution >= 0.6 is 35.1 Å². The molecule has 0 bridgehead atoms. The first-order valence-electron chi connectivity index (χ1n) is 4.97. The Hall–Kier alpha value is 0.560. The van der Waals surface area contributed by atoms with Gasteiger partial charge in [0.1, 0.15) is 0 Å². The van der Waals surface area contributed by atoms with Gasteiger partial charge < -0.3 is 0 Å². The highest BCUT2D eigenvalue weighted by Crippen LogP contribution is 2.47. The van der Waals surface area contributed by atoms with Crippen molar-refractivity contribution >= 4 is 40.3 Å². The SMILES string of the molecule is O=C1CC(Cl)(Cl)N(C2CCCCC2)S1. The molecule has 0 N–H and O–H groups in total. The van der Waals surface area contributed by atoms with Crippen molar-refractivity contribution in [3.63, 3.8) is 0 Å². The lowest BCUT2D eigenvalue weighted by Crippen LogP contribution is -2.39. The summed E-state index contributed by atoms with van der Waals surface area (Å²) in [5.41, 5.74) is 0. The summed E-state index contributed by atoms with van der Waals surface area (Å²) in [6, 6.07) is 0.384. The van der Waals surface area contributed by atoms with E-state index in [0.717, 1.165) is 12.8 Å². The Kier molecular flexibility index (Phi) is 3.32. The molecule has 0 spiro atoms. The first-order chi connectivity index (χ1) is 6.59. The molecule has 80 valence electrons. The van der Waals surface area contributed by atoms with Crippen LogP contribution < -0.4 is 0 Å². The largest absolute Gasteiger partial charge is 0.286 e. The van der Waals surface area contributed by atoms with Crippen molar-refractivity contribution < 1.29 is 4.79 Å². The van der Waals surface area contributed by atoms with Crippen molar-refractivity contribution in [3.05, 3.63) is 0 Å². The van der Waals surface area contributed by atoms with Crippen molar-refractivity contribution in [1.82, 2.24) is 4.31 Å². The number of halogens is 2. The first kappa shape index (κ1) is 11.1. The second-order valence-electron chi connectivity index (χ2n) is 3.92. The quantitative estimate of drug-likeness (QED) is 0.406. The van der Waals surface area contributed by atoms with Crippen LogP contribution in [0.1, 0.15) is 38.5 Å². The zero-order valence-electron chi connectivity index (χ0n) is 7.84. The Morgan fingerprint density at radius 3 is 2.43 bits per heavy atom. The maximum absolute atomic E-state index is 11.3. The van der Waals surface area contributed by atoms with Crippen molar-refractivity contribution in [2.45, 2.75) is 49.0 Å². The average Bonchev–Trinajstić information content (AvgIpc) is 2.41. The Balaban J connectivity index is 2.05. The van der Waals surface area contributed by atoms with E-state index in [1.54, 1.807) is 0 Å². The van der Waals surface area contributed by atoms with E-state index in [1.165, 1.54) is 31.2 Å². The van der Waals surface area contributed by atoms with Crippen LogP contribution in [-0.4, -0.2) is 19.9 Å². The minimum atomic E-state index is -0.968. The van der Waals surface area contributed by atoms with E-state index in [1.807, 2.05) is 4.31 Å². The lowest BCUT2D eigenvalue weighted by atomic mass is 9.95. The lowest BCUT2D eigenvalue weighted by Gasteiger charge is -2.34. The summed E-state index contributed by atoms with van der Waals surface area (Å²) in [5.74, 6) is 0. The molecule has 0 amide bonds. The van der Waals surface area contributed by atoms with Crippen molar-refractivity contribution in [2.75, 3.05) is 0 Å². The molecule has 0 aromatic heterocycles. The molecular weight excluding hydrogens is 241 g/mol. The highest BCUT2D eigenvalue weighted by atomic mass is 35.5. The Labute approximate surface area is 98.4 Å². The summed E-state index contributed by atoms with van der Waals surface area (Å²) in [6.45, 7) is 0. The fourth-order valence-electron chi connectivity index (χ4n) is 2.12. The molecule has 0 aromatic carbocycles. The van der Waals surface area contributed by atoms with Gasteiger partial charge in [-0.3, -0.25) is 4.79 Å². The van der Waals surface area contributed by atoms with Gasteiger partial charge in [-0.25, -0.2) is 4.31 Å². The van der Waals surface area contributed by atoms with E-state index in [-0.39, 0.29) is 11.5 Å². The smallest absolute Gasteiger partial charge is 0.208 e. The molecule has 14 heavy (non-hydrogen) atoms. The second-order valence-corrected chi connectivity index (χ2v) is 6.40. The number of hydrogen-bond donors (Lipinski definition) is 0. The predicted molar refractivity (Wildman–Crippen MR) is 60.4 cm³/mol. The van der Waals surface area contributed by atoms with Gasteiger partial charge in [0, 0.05) is 18.0 Å². The number of alkyl halides is 2. The van der Waals surface area contributed by atoms with Crippen LogP contribution in [0.25, 0.3) is 0 Å². The summed E-state index contributed by atoms with van der Waals surface area (Å²) in [6.07, 6.45) is 6.21. The highest BCUT2D eigenvalue weighted by Gasteiger charge is 2.46. The lowest BCUT2D eigenvalue weighted by molar-refractivity contribution is -0.110. The molecule has 1 aliphatic carbocycles. The maximum atomic E-state index is 11.3. The number of hydrogen-bond acceptors (Lipinski definition) is 3. The fourth-order valence-corrected chi connectivity index (χ4v) is 4.05. The predicted octanol–water partition coefficient (Wildman–Crippen LogP) is 3.33. The monoisotopic (exact) mass is 253 g/mol. The summed E-state index contributed by atoms with van der Waals surface area (Å²) in [7, 11) is 0. The summed E-state index contributed by atoms with van der Waals surface area (Å²) < 4.78 is 0.932. The summed E-state index contributed by atoms with van der Waals surface area (Å²) >= 11 is 13.4. The highest BCUT2D eigenvalue weighted by molar-refractivity contribution is 8.12. The molecule has 5 heteroatoms. The second kappa shape index (κ2) is 4.20. The summed E-state index contributed by atoms with van der Waals surface area (Å²) in [5, 5.41) is 0.0839. The van der Waals surface area contributed by atoms with Gasteiger partial charge >= 0.3 is 0 Å². The van der Waals surface area contributed by atoms with E-state index in [4.69, 9.17) is 23.2 Å². The van der Waals surface area contributed by atoms with E-state index in [2.05, 4.69) is 0 Å². The third-order valence-corrected chi connectivity index (χ3v) is 4.77. The van der Waals surface area contributed by atoms with Crippen LogP contribution in [0.15, 0.2) is 0 Å². The normalized spacial score (nSPS) is 29.7. The maximum Gasteiger partial charge on any atom is 0.208 e. The van der Waals surface area contributed by atoms with Crippen LogP contribution in [0.3, 0.4) is 0 Å². The zero-order chi connectivity index (χ0) is 10.2. The first-order valence-corrected chi connectivity index (χ1v) is 6.50. The number of carbonyl (C=O) groups is 1. The number of nitrogens with zero attached hydrogens (tertiary/aromatic N) is 1. The average molecular weight is 254 g/mol. The molecule has 2 aliphatic rings. The fraction of sp³-hybridized carbons (Fsp3) is 0.889. The van der Waals surface area contributed by atoms with E-state index in [0.29, 0.717) is 6.04 Å². The standard InChI is InChI=1S/C9H13Cl2NOS/c10-9(11)6-8(13)14-12(9)7-4-2-1-3-5-7/h7H,1-6H2. The minimum Gasteiger partial charge on any atom is -0.286 e. The Morgan fingerprint density at radius 2 is 1.93 bits per heavy atom. The summed E-state index contributed by atoms with van der Waals surface area (Å²) in [4.78, 5) is 11.3. The Morgan fingerprint density at radius 1 is 1.29 bits per heavy atom. The van der Waals surface area contributed by atoms with E-state index >= 15 is 0 Å². The van der Waals surface area contributed by atoms with Crippen molar-refractivity contribution in [3.8, 4) is 0 Å². The molecule has 2 rings (SSSR count). The molecule has 0 radical (unpaired) electrons. The zero-order valence-corrected chi connectivity index (χ0v) is 10.2. The Bertz CT molecular complexity index is 241. The van der Waals surface area contributed by atoms with Gasteiger partial charge in [0.05, 0.1) is 6.42 Å². The molecule has 2 fully saturated rings. The third-order valence-electron chi connectivity index (χ3n) is 2.79. The molecule has 1 saturated heterocycles. The molecular formula is C9H13Cl2NOS. The molecule has 2 nitrogen and oxygen atoms in total. The molecule has 0 aromatic rings. The van der Waals surface area contributed by atoms with Gasteiger partial charge in [0.2, 0.25) is 5.12 Å². The van der Waals surface area contributed by atoms with Gasteiger partial charge in [-0.1, -0.05) is 42.5 Å². The van der Waals surface area contributed by atoms with Gasteiger partial charge in [0.15, 0.2) is 4.46 Å². The van der Waals surface area contributed by atoms with Crippen molar-refractivity contribution in [1.29, 1.82) is 0 Å². The van der Waals surface area contributed by atoms with Crippen LogP contribution in [0, 0.1) is 0 Å². The van der Waals surface area contributed by atoms with Crippen LogP contribution in [-0.2, 0) is 4.79 Å². The molecule has 1 aliphatic heterocycles. The molecule has 0 atom stereocenters. The van der Waals surface area contributed by atoms with Gasteiger partial charge in [-0.15, -0.1) is 0 Å². The molecule has 1 saturated carbocycles. The van der Waals surface area contributed by atoms with E-state index in [9.17, 15) is 4.79 Å². The van der Waals surface area contributed by atoms with Crippen LogP contribution in [0.5, 0.6) is 0 Å². The number of carbonyl (C=O) groups excluding carboxylic acids is 1. The minimum absolute atomic E-state index is 0.0839. The van der Waals surface area contributed by atoms with Gasteiger partial charge in [-0.2, -0.15) is 0 Å². The topological polar surface area (TPSA) is 20.3 Å². The van der Waals surface area contributed by atoms with Crippen LogP contribution in [0.2, 0.25) is 0 Å². The molecule has 0 unspecified atom stereocenters. The van der Waals surface area contributed by atoms with E-state index < -0.39 is 4.46 Å². The third kappa shape index (κ3) is 2.21. The van der Waals surface area contributed by atoms with Gasteiger partial charge in [-0.05, 0) is 12.8 Å². The number of rotatable bonds is 1. The molecule has 1 heterocycles. The van der Waals surface area contributed by atoms with Crippen LogP contribution in [0.4, 0.5) is 0 Å². The van der Waals surface area contributed by atoms with Gasteiger partial charge in [0.25, 0.3) is 0 Å².